The predicted molar refractivity (Wildman–Crippen MR) is 90.8 cm³/mol. The van der Waals surface area contributed by atoms with Crippen molar-refractivity contribution in [1.82, 2.24) is 4.90 Å². The van der Waals surface area contributed by atoms with Gasteiger partial charge in [0, 0.05) is 44.7 Å². The van der Waals surface area contributed by atoms with E-state index in [9.17, 15) is 23.2 Å². The van der Waals surface area contributed by atoms with Crippen molar-refractivity contribution in [1.29, 1.82) is 0 Å². The van der Waals surface area contributed by atoms with E-state index >= 15 is 0 Å². The molecule has 0 saturated carbocycles. The van der Waals surface area contributed by atoms with E-state index in [-0.39, 0.29) is 50.5 Å². The summed E-state index contributed by atoms with van der Waals surface area (Å²) in [5, 5.41) is 0. The van der Waals surface area contributed by atoms with E-state index in [0.29, 0.717) is 0 Å². The highest BCUT2D eigenvalue weighted by Crippen LogP contribution is 2.22. The van der Waals surface area contributed by atoms with Crippen LogP contribution in [0.2, 0.25) is 0 Å². The summed E-state index contributed by atoms with van der Waals surface area (Å²) < 4.78 is 30.9. The molecular weight excluding hydrogens is 344 g/mol. The van der Waals surface area contributed by atoms with Crippen molar-refractivity contribution < 1.29 is 27.9 Å². The molecule has 1 aliphatic heterocycles. The standard InChI is InChI=1S/C19H23F2NO4/c1-19(20,21)9-7-16(23)11-15-12-22(10-8-17(15)24)18(25)26-13-14-5-3-2-4-6-14/h2-6,15H,7-13H2,1H3. The van der Waals surface area contributed by atoms with Crippen LogP contribution in [0.5, 0.6) is 0 Å². The molecule has 0 spiro atoms. The molecule has 5 nitrogen and oxygen atoms in total. The van der Waals surface area contributed by atoms with E-state index in [4.69, 9.17) is 4.74 Å². The Hall–Kier alpha value is -2.31. The van der Waals surface area contributed by atoms with Crippen molar-refractivity contribution in [3.8, 4) is 0 Å². The molecule has 2 rings (SSSR count). The number of piperidine rings is 1. The highest BCUT2D eigenvalue weighted by molar-refractivity contribution is 5.89. The van der Waals surface area contributed by atoms with Crippen LogP contribution >= 0.6 is 0 Å². The van der Waals surface area contributed by atoms with E-state index in [1.165, 1.54) is 4.90 Å². The minimum absolute atomic E-state index is 0.0840. The summed E-state index contributed by atoms with van der Waals surface area (Å²) in [6.07, 6.45) is -1.32. The lowest BCUT2D eigenvalue weighted by Gasteiger charge is -2.30. The maximum Gasteiger partial charge on any atom is 0.410 e. The molecule has 1 aromatic carbocycles. The fraction of sp³-hybridized carbons (Fsp3) is 0.526. The zero-order chi connectivity index (χ0) is 19.2. The molecule has 0 aromatic heterocycles. The number of hydrogen-bond donors (Lipinski definition) is 0. The first-order valence-corrected chi connectivity index (χ1v) is 8.62. The number of hydrogen-bond acceptors (Lipinski definition) is 4. The molecule has 1 amide bonds. The SMILES string of the molecule is CC(F)(F)CCC(=O)CC1CN(C(=O)OCc2ccccc2)CCC1=O. The summed E-state index contributed by atoms with van der Waals surface area (Å²) in [5.41, 5.74) is 0.848. The lowest BCUT2D eigenvalue weighted by atomic mass is 9.90. The third kappa shape index (κ3) is 6.54. The van der Waals surface area contributed by atoms with E-state index in [1.807, 2.05) is 30.3 Å². The van der Waals surface area contributed by atoms with Crippen LogP contribution in [-0.2, 0) is 20.9 Å². The maximum absolute atomic E-state index is 12.8. The number of alkyl halides is 2. The Morgan fingerprint density at radius 1 is 1.27 bits per heavy atom. The van der Waals surface area contributed by atoms with Crippen LogP contribution in [0.15, 0.2) is 30.3 Å². The molecule has 1 aromatic rings. The summed E-state index contributed by atoms with van der Waals surface area (Å²) in [5.74, 6) is -4.05. The van der Waals surface area contributed by atoms with Crippen LogP contribution in [0, 0.1) is 5.92 Å². The molecule has 1 fully saturated rings. The lowest BCUT2D eigenvalue weighted by Crippen LogP contribution is -2.45. The van der Waals surface area contributed by atoms with Gasteiger partial charge in [-0.2, -0.15) is 0 Å². The van der Waals surface area contributed by atoms with Gasteiger partial charge in [0.15, 0.2) is 0 Å². The van der Waals surface area contributed by atoms with Gasteiger partial charge in [0.1, 0.15) is 18.2 Å². The van der Waals surface area contributed by atoms with Crippen LogP contribution < -0.4 is 0 Å². The predicted octanol–water partition coefficient (Wildman–Crippen LogP) is 3.61. The lowest BCUT2D eigenvalue weighted by molar-refractivity contribution is -0.131. The number of ketones is 2. The molecule has 0 N–H and O–H groups in total. The zero-order valence-corrected chi connectivity index (χ0v) is 14.7. The van der Waals surface area contributed by atoms with Gasteiger partial charge in [-0.05, 0) is 12.5 Å². The number of carbonyl (C=O) groups is 3. The Morgan fingerprint density at radius 3 is 2.62 bits per heavy atom. The van der Waals surface area contributed by atoms with Gasteiger partial charge in [0.2, 0.25) is 5.92 Å². The molecule has 0 radical (unpaired) electrons. The second-order valence-electron chi connectivity index (χ2n) is 6.71. The van der Waals surface area contributed by atoms with Gasteiger partial charge in [0.25, 0.3) is 0 Å². The summed E-state index contributed by atoms with van der Waals surface area (Å²) >= 11 is 0. The molecule has 1 aliphatic rings. The second-order valence-corrected chi connectivity index (χ2v) is 6.71. The van der Waals surface area contributed by atoms with Crippen molar-refractivity contribution in [2.75, 3.05) is 13.1 Å². The van der Waals surface area contributed by atoms with E-state index in [2.05, 4.69) is 0 Å². The van der Waals surface area contributed by atoms with Gasteiger partial charge in [-0.15, -0.1) is 0 Å². The molecule has 0 aliphatic carbocycles. The molecule has 1 saturated heterocycles. The quantitative estimate of drug-likeness (QED) is 0.739. The van der Waals surface area contributed by atoms with Crippen molar-refractivity contribution in [3.63, 3.8) is 0 Å². The summed E-state index contributed by atoms with van der Waals surface area (Å²) in [7, 11) is 0. The number of Topliss-reactive ketones (excluding diaryl/α,β-unsaturated/α-hetero) is 2. The molecule has 0 bridgehead atoms. The van der Waals surface area contributed by atoms with Crippen LogP contribution in [0.1, 0.15) is 38.2 Å². The van der Waals surface area contributed by atoms with Crippen LogP contribution in [0.3, 0.4) is 0 Å². The van der Waals surface area contributed by atoms with Gasteiger partial charge in [-0.25, -0.2) is 13.6 Å². The zero-order valence-electron chi connectivity index (χ0n) is 14.7. The number of benzene rings is 1. The third-order valence-corrected chi connectivity index (χ3v) is 4.30. The smallest absolute Gasteiger partial charge is 0.410 e. The number of amides is 1. The maximum atomic E-state index is 12.8. The largest absolute Gasteiger partial charge is 0.445 e. The Kier molecular flexibility index (Phi) is 6.83. The van der Waals surface area contributed by atoms with Gasteiger partial charge in [0.05, 0.1) is 0 Å². The van der Waals surface area contributed by atoms with Crippen LogP contribution in [0.25, 0.3) is 0 Å². The average molecular weight is 367 g/mol. The van der Waals surface area contributed by atoms with E-state index in [1.54, 1.807) is 0 Å². The number of likely N-dealkylation sites (tertiary alicyclic amines) is 1. The number of ether oxygens (including phenoxy) is 1. The minimum atomic E-state index is -2.90. The van der Waals surface area contributed by atoms with Crippen molar-refractivity contribution in [3.05, 3.63) is 35.9 Å². The summed E-state index contributed by atoms with van der Waals surface area (Å²) in [6.45, 7) is 1.21. The fourth-order valence-electron chi connectivity index (χ4n) is 2.80. The fourth-order valence-corrected chi connectivity index (χ4v) is 2.80. The Bertz CT molecular complexity index is 643. The third-order valence-electron chi connectivity index (χ3n) is 4.30. The Morgan fingerprint density at radius 2 is 1.96 bits per heavy atom. The number of carbonyl (C=O) groups excluding carboxylic acids is 3. The Labute approximate surface area is 151 Å². The molecule has 1 heterocycles. The first kappa shape index (κ1) is 20.0. The second kappa shape index (κ2) is 8.87. The van der Waals surface area contributed by atoms with Gasteiger partial charge >= 0.3 is 6.09 Å². The summed E-state index contributed by atoms with van der Waals surface area (Å²) in [4.78, 5) is 37.4. The molecule has 26 heavy (non-hydrogen) atoms. The number of nitrogens with zero attached hydrogens (tertiary/aromatic N) is 1. The molecular formula is C19H23F2NO4. The van der Waals surface area contributed by atoms with Crippen molar-refractivity contribution in [2.24, 2.45) is 5.92 Å². The van der Waals surface area contributed by atoms with Gasteiger partial charge in [-0.3, -0.25) is 9.59 Å². The average Bonchev–Trinajstić information content (AvgIpc) is 2.60. The number of halogens is 2. The van der Waals surface area contributed by atoms with E-state index in [0.717, 1.165) is 12.5 Å². The van der Waals surface area contributed by atoms with Crippen LogP contribution in [0.4, 0.5) is 13.6 Å². The normalized spacial score (nSPS) is 17.9. The van der Waals surface area contributed by atoms with Gasteiger partial charge in [-0.1, -0.05) is 30.3 Å². The highest BCUT2D eigenvalue weighted by atomic mass is 19.3. The monoisotopic (exact) mass is 367 g/mol. The molecule has 7 heteroatoms. The van der Waals surface area contributed by atoms with E-state index < -0.39 is 24.4 Å². The Balaban J connectivity index is 1.83. The van der Waals surface area contributed by atoms with Crippen molar-refractivity contribution in [2.45, 2.75) is 45.1 Å². The first-order valence-electron chi connectivity index (χ1n) is 8.62. The minimum Gasteiger partial charge on any atom is -0.445 e. The summed E-state index contributed by atoms with van der Waals surface area (Å²) in [6, 6.07) is 9.20. The number of rotatable bonds is 7. The molecule has 1 atom stereocenters. The van der Waals surface area contributed by atoms with Gasteiger partial charge < -0.3 is 9.64 Å². The first-order chi connectivity index (χ1) is 12.2. The van der Waals surface area contributed by atoms with Crippen molar-refractivity contribution >= 4 is 17.7 Å². The highest BCUT2D eigenvalue weighted by Gasteiger charge is 2.32. The van der Waals surface area contributed by atoms with Crippen LogP contribution in [-0.4, -0.2) is 41.6 Å². The molecule has 1 unspecified atom stereocenters. The molecule has 142 valence electrons. The topological polar surface area (TPSA) is 63.7 Å².